The zero-order chi connectivity index (χ0) is 29.7. The molecule has 10 aromatic rings. The molecule has 2 aliphatic heterocycles. The van der Waals surface area contributed by atoms with Crippen molar-refractivity contribution in [3.63, 3.8) is 0 Å². The van der Waals surface area contributed by atoms with E-state index >= 15 is 0 Å². The standard InChI is InChI=1S/C42H24BN3/c1-2-12-25(13-3-1)44-33-18-8-5-15-27(33)30-24-32-42-38(40(30)44)29-16-6-10-20-35(29)46(42)37-23-22-28-26-14-4-9-19-34(26)45-36-21-11-7-17-31(36)43(32)39(37)41(28)45/h1-24H. The molecule has 0 fully saturated rings. The predicted molar refractivity (Wildman–Crippen MR) is 194 cm³/mol. The number of nitrogens with zero attached hydrogens (tertiary/aromatic N) is 3. The van der Waals surface area contributed by atoms with Crippen LogP contribution in [-0.2, 0) is 0 Å². The summed E-state index contributed by atoms with van der Waals surface area (Å²) in [6, 6.07) is 54.1. The molecule has 2 aliphatic rings. The second-order valence-electron chi connectivity index (χ2n) is 12.9. The Hall–Kier alpha value is -6.00. The minimum absolute atomic E-state index is 0.120. The maximum absolute atomic E-state index is 2.58. The minimum atomic E-state index is 0.120. The average molecular weight is 581 g/mol. The van der Waals surface area contributed by atoms with Gasteiger partial charge in [0.05, 0.1) is 33.1 Å². The van der Waals surface area contributed by atoms with Gasteiger partial charge in [0.2, 0.25) is 0 Å². The summed E-state index contributed by atoms with van der Waals surface area (Å²) in [5.74, 6) is 0. The van der Waals surface area contributed by atoms with Gasteiger partial charge in [-0.2, -0.15) is 0 Å². The molecule has 0 N–H and O–H groups in total. The zero-order valence-electron chi connectivity index (χ0n) is 24.8. The van der Waals surface area contributed by atoms with Gasteiger partial charge < -0.3 is 13.7 Å². The smallest absolute Gasteiger partial charge is 0.252 e. The largest absolute Gasteiger partial charge is 0.310 e. The maximum atomic E-state index is 2.58. The maximum Gasteiger partial charge on any atom is 0.252 e. The van der Waals surface area contributed by atoms with Crippen molar-refractivity contribution in [2.24, 2.45) is 0 Å². The van der Waals surface area contributed by atoms with Crippen LogP contribution in [0.5, 0.6) is 0 Å². The lowest BCUT2D eigenvalue weighted by Gasteiger charge is -2.33. The van der Waals surface area contributed by atoms with E-state index < -0.39 is 0 Å². The van der Waals surface area contributed by atoms with Crippen LogP contribution in [0.1, 0.15) is 0 Å². The molecule has 210 valence electrons. The van der Waals surface area contributed by atoms with Gasteiger partial charge in [0.15, 0.2) is 0 Å². The first-order valence-electron chi connectivity index (χ1n) is 16.1. The van der Waals surface area contributed by atoms with Crippen LogP contribution in [0.25, 0.3) is 82.5 Å². The van der Waals surface area contributed by atoms with Crippen molar-refractivity contribution in [1.29, 1.82) is 0 Å². The molecule has 12 rings (SSSR count). The summed E-state index contributed by atoms with van der Waals surface area (Å²) in [6.07, 6.45) is 0. The van der Waals surface area contributed by atoms with Crippen molar-refractivity contribution < 1.29 is 0 Å². The van der Waals surface area contributed by atoms with E-state index in [0.29, 0.717) is 0 Å². The van der Waals surface area contributed by atoms with Crippen molar-refractivity contribution in [3.8, 4) is 17.1 Å². The third-order valence-corrected chi connectivity index (χ3v) is 10.8. The summed E-state index contributed by atoms with van der Waals surface area (Å²) in [5.41, 5.74) is 15.6. The highest BCUT2D eigenvalue weighted by atomic mass is 15.0. The van der Waals surface area contributed by atoms with E-state index in [9.17, 15) is 0 Å². The first kappa shape index (κ1) is 23.4. The molecular weight excluding hydrogens is 557 g/mol. The van der Waals surface area contributed by atoms with Crippen LogP contribution in [0.4, 0.5) is 0 Å². The van der Waals surface area contributed by atoms with E-state index in [-0.39, 0.29) is 6.71 Å². The van der Waals surface area contributed by atoms with Crippen molar-refractivity contribution in [1.82, 2.24) is 13.7 Å². The average Bonchev–Trinajstić information content (AvgIpc) is 3.76. The normalized spacial score (nSPS) is 13.2. The fourth-order valence-electron chi connectivity index (χ4n) is 9.17. The van der Waals surface area contributed by atoms with Crippen molar-refractivity contribution >= 4 is 88.5 Å². The fraction of sp³-hybridized carbons (Fsp3) is 0. The lowest BCUT2D eigenvalue weighted by atomic mass is 9.34. The third kappa shape index (κ3) is 2.54. The fourth-order valence-corrected chi connectivity index (χ4v) is 9.17. The Kier molecular flexibility index (Phi) is 4.06. The second kappa shape index (κ2) is 7.98. The van der Waals surface area contributed by atoms with Crippen LogP contribution < -0.4 is 16.4 Å². The van der Waals surface area contributed by atoms with Gasteiger partial charge in [-0.25, -0.2) is 0 Å². The minimum Gasteiger partial charge on any atom is -0.310 e. The van der Waals surface area contributed by atoms with E-state index in [2.05, 4.69) is 159 Å². The first-order chi connectivity index (χ1) is 22.9. The van der Waals surface area contributed by atoms with Gasteiger partial charge in [-0.3, -0.25) is 0 Å². The lowest BCUT2D eigenvalue weighted by Crippen LogP contribution is -2.59. The summed E-state index contributed by atoms with van der Waals surface area (Å²) >= 11 is 0. The molecule has 0 saturated heterocycles. The van der Waals surface area contributed by atoms with Crippen LogP contribution in [0.2, 0.25) is 0 Å². The quantitative estimate of drug-likeness (QED) is 0.174. The van der Waals surface area contributed by atoms with Crippen LogP contribution >= 0.6 is 0 Å². The Morgan fingerprint density at radius 3 is 1.78 bits per heavy atom. The molecule has 3 aromatic heterocycles. The summed E-state index contributed by atoms with van der Waals surface area (Å²) in [5, 5.41) is 7.86. The zero-order valence-corrected chi connectivity index (χ0v) is 24.8. The Labute approximate surface area is 264 Å². The Morgan fingerprint density at radius 1 is 0.370 bits per heavy atom. The molecular formula is C42H24BN3. The molecule has 7 aromatic carbocycles. The molecule has 0 saturated carbocycles. The van der Waals surface area contributed by atoms with E-state index in [1.54, 1.807) is 0 Å². The SMILES string of the molecule is c1ccc(-n2c3ccccc3c3cc4c5c(c6ccccc6n5-c5ccc6c7ccccc7n7c6c5B4c4ccccc4-7)c32)cc1. The van der Waals surface area contributed by atoms with Crippen LogP contribution in [-0.4, -0.2) is 20.4 Å². The number of hydrogen-bond donors (Lipinski definition) is 0. The van der Waals surface area contributed by atoms with Gasteiger partial charge in [-0.15, -0.1) is 0 Å². The van der Waals surface area contributed by atoms with Gasteiger partial charge in [-0.05, 0) is 58.9 Å². The molecule has 4 heteroatoms. The number of para-hydroxylation sites is 5. The van der Waals surface area contributed by atoms with Gasteiger partial charge in [0.25, 0.3) is 6.71 Å². The third-order valence-electron chi connectivity index (χ3n) is 10.8. The summed E-state index contributed by atoms with van der Waals surface area (Å²) < 4.78 is 7.60. The topological polar surface area (TPSA) is 14.8 Å². The lowest BCUT2D eigenvalue weighted by molar-refractivity contribution is 1.16. The number of rotatable bonds is 1. The molecule has 0 amide bonds. The molecule has 0 spiro atoms. The van der Waals surface area contributed by atoms with E-state index in [0.717, 1.165) is 0 Å². The number of benzene rings is 7. The van der Waals surface area contributed by atoms with Crippen molar-refractivity contribution in [3.05, 3.63) is 146 Å². The predicted octanol–water partition coefficient (Wildman–Crippen LogP) is 8.12. The second-order valence-corrected chi connectivity index (χ2v) is 12.9. The first-order valence-corrected chi connectivity index (χ1v) is 16.1. The Balaban J connectivity index is 1.38. The Morgan fingerprint density at radius 2 is 0.978 bits per heavy atom. The van der Waals surface area contributed by atoms with E-state index in [1.165, 1.54) is 98.9 Å². The molecule has 0 aliphatic carbocycles. The molecule has 3 nitrogen and oxygen atoms in total. The number of hydrogen-bond acceptors (Lipinski definition) is 0. The number of aromatic nitrogens is 3. The summed E-state index contributed by atoms with van der Waals surface area (Å²) in [4.78, 5) is 0. The van der Waals surface area contributed by atoms with Gasteiger partial charge in [-0.1, -0.05) is 103 Å². The van der Waals surface area contributed by atoms with Crippen LogP contribution in [0.15, 0.2) is 146 Å². The Bertz CT molecular complexity index is 2980. The van der Waals surface area contributed by atoms with Gasteiger partial charge >= 0.3 is 0 Å². The van der Waals surface area contributed by atoms with Crippen molar-refractivity contribution in [2.45, 2.75) is 0 Å². The number of fused-ring (bicyclic) bond motifs is 15. The molecule has 0 radical (unpaired) electrons. The highest BCUT2D eigenvalue weighted by Gasteiger charge is 2.41. The van der Waals surface area contributed by atoms with E-state index in [1.807, 2.05) is 0 Å². The van der Waals surface area contributed by atoms with Gasteiger partial charge in [0.1, 0.15) is 0 Å². The highest BCUT2D eigenvalue weighted by molar-refractivity contribution is 7.00. The monoisotopic (exact) mass is 581 g/mol. The van der Waals surface area contributed by atoms with Gasteiger partial charge in [0, 0.05) is 49.4 Å². The van der Waals surface area contributed by atoms with Crippen molar-refractivity contribution in [2.75, 3.05) is 0 Å². The highest BCUT2D eigenvalue weighted by Crippen LogP contribution is 2.44. The summed E-state index contributed by atoms with van der Waals surface area (Å²) in [6.45, 7) is 0.120. The molecule has 46 heavy (non-hydrogen) atoms. The molecule has 5 heterocycles. The molecule has 0 bridgehead atoms. The molecule has 0 atom stereocenters. The summed E-state index contributed by atoms with van der Waals surface area (Å²) in [7, 11) is 0. The van der Waals surface area contributed by atoms with Crippen LogP contribution in [0.3, 0.4) is 0 Å². The molecule has 0 unspecified atom stereocenters. The van der Waals surface area contributed by atoms with E-state index in [4.69, 9.17) is 0 Å². The van der Waals surface area contributed by atoms with Crippen LogP contribution in [0, 0.1) is 0 Å².